The van der Waals surface area contributed by atoms with E-state index in [1.165, 1.54) is 12.3 Å². The Bertz CT molecular complexity index is 1110. The summed E-state index contributed by atoms with van der Waals surface area (Å²) in [5.41, 5.74) is 4.08. The number of carbonyl (C=O) groups is 1. The van der Waals surface area contributed by atoms with Gasteiger partial charge in [-0.05, 0) is 48.2 Å². The molecule has 0 saturated carbocycles. The molecule has 0 spiro atoms. The van der Waals surface area contributed by atoms with Gasteiger partial charge in [0.25, 0.3) is 0 Å². The normalized spacial score (nSPS) is 18.7. The minimum atomic E-state index is -0.919. The number of hydrogen-bond donors (Lipinski definition) is 1. The highest BCUT2D eigenvalue weighted by Gasteiger charge is 2.31. The van der Waals surface area contributed by atoms with Crippen LogP contribution in [0.15, 0.2) is 53.3 Å². The lowest BCUT2D eigenvalue weighted by molar-refractivity contribution is -0.137. The molecule has 1 N–H and O–H groups in total. The monoisotopic (exact) mass is 452 g/mol. The number of aliphatic carboxylic acids is 1. The fourth-order valence-corrected chi connectivity index (χ4v) is 4.79. The van der Waals surface area contributed by atoms with Gasteiger partial charge in [-0.15, -0.1) is 0 Å². The zero-order chi connectivity index (χ0) is 22.8. The summed E-state index contributed by atoms with van der Waals surface area (Å²) in [4.78, 5) is 13.6. The Morgan fingerprint density at radius 1 is 1.18 bits per heavy atom. The van der Waals surface area contributed by atoms with E-state index in [-0.39, 0.29) is 18.3 Å². The second-order valence-electron chi connectivity index (χ2n) is 8.35. The van der Waals surface area contributed by atoms with Crippen molar-refractivity contribution in [2.24, 2.45) is 0 Å². The molecule has 2 atom stereocenters. The van der Waals surface area contributed by atoms with Crippen LogP contribution >= 0.6 is 0 Å². The number of carboxylic acid groups (broad SMARTS) is 1. The van der Waals surface area contributed by atoms with E-state index in [0.29, 0.717) is 36.6 Å². The maximum atomic E-state index is 14.8. The molecule has 7 nitrogen and oxygen atoms in total. The number of fused-ring (bicyclic) bond motifs is 1. The van der Waals surface area contributed by atoms with E-state index >= 15 is 0 Å². The Morgan fingerprint density at radius 3 is 2.67 bits per heavy atom. The number of rotatable bonds is 7. The summed E-state index contributed by atoms with van der Waals surface area (Å²) >= 11 is 0. The molecule has 0 amide bonds. The molecule has 5 rings (SSSR count). The predicted octanol–water partition coefficient (Wildman–Crippen LogP) is 4.32. The van der Waals surface area contributed by atoms with Crippen LogP contribution < -0.4 is 9.64 Å². The van der Waals surface area contributed by atoms with Crippen LogP contribution in [0.25, 0.3) is 0 Å². The van der Waals surface area contributed by atoms with E-state index in [2.05, 4.69) is 10.1 Å². The Hall–Kier alpha value is -3.39. The van der Waals surface area contributed by atoms with Gasteiger partial charge in [-0.1, -0.05) is 17.3 Å². The average Bonchev–Trinajstić information content (AvgIpc) is 3.50. The van der Waals surface area contributed by atoms with Crippen molar-refractivity contribution in [3.05, 3.63) is 76.9 Å². The fourth-order valence-electron chi connectivity index (χ4n) is 4.79. The van der Waals surface area contributed by atoms with Crippen LogP contribution in [0.2, 0.25) is 0 Å². The van der Waals surface area contributed by atoms with Crippen LogP contribution in [0, 0.1) is 5.82 Å². The molecule has 3 aromatic rings. The van der Waals surface area contributed by atoms with Gasteiger partial charge in [-0.2, -0.15) is 0 Å². The fraction of sp³-hybridized carbons (Fsp3) is 0.360. The van der Waals surface area contributed by atoms with Crippen molar-refractivity contribution in [3.8, 4) is 5.75 Å². The summed E-state index contributed by atoms with van der Waals surface area (Å²) in [7, 11) is 0. The summed E-state index contributed by atoms with van der Waals surface area (Å²) < 4.78 is 31.4. The average molecular weight is 452 g/mol. The lowest BCUT2D eigenvalue weighted by Crippen LogP contribution is -2.36. The molecule has 0 bridgehead atoms. The van der Waals surface area contributed by atoms with Gasteiger partial charge in [-0.25, -0.2) is 4.39 Å². The van der Waals surface area contributed by atoms with E-state index in [0.717, 1.165) is 36.3 Å². The Balaban J connectivity index is 1.36. The van der Waals surface area contributed by atoms with E-state index < -0.39 is 11.9 Å². The van der Waals surface area contributed by atoms with Gasteiger partial charge in [0.1, 0.15) is 23.9 Å². The first-order chi connectivity index (χ1) is 16.1. The molecule has 2 aromatic carbocycles. The number of carboxylic acids is 1. The Labute approximate surface area is 190 Å². The number of hydrogen-bond acceptors (Lipinski definition) is 6. The lowest BCUT2D eigenvalue weighted by atomic mass is 9.92. The van der Waals surface area contributed by atoms with Crippen molar-refractivity contribution in [2.45, 2.75) is 31.3 Å². The summed E-state index contributed by atoms with van der Waals surface area (Å²) in [5.74, 6) is -0.968. The number of ether oxygens (including phenoxy) is 2. The van der Waals surface area contributed by atoms with Crippen LogP contribution in [-0.2, 0) is 16.0 Å². The second-order valence-corrected chi connectivity index (χ2v) is 8.35. The molecule has 33 heavy (non-hydrogen) atoms. The number of halogens is 1. The molecule has 1 aliphatic heterocycles. The van der Waals surface area contributed by atoms with Gasteiger partial charge >= 0.3 is 5.97 Å². The molecule has 0 unspecified atom stereocenters. The van der Waals surface area contributed by atoms with Crippen molar-refractivity contribution in [1.82, 2.24) is 5.16 Å². The van der Waals surface area contributed by atoms with Gasteiger partial charge in [0.15, 0.2) is 0 Å². The third-order valence-electron chi connectivity index (χ3n) is 6.36. The van der Waals surface area contributed by atoms with Crippen LogP contribution in [0.1, 0.15) is 47.2 Å². The standard InChI is InChI=1S/C25H25FN2O5/c26-20-6-7-22(28-10-13-31-14-11-28)18-5-8-23(25(18)20)33-17-3-1-16(2-4-17)19(15-24(29)30)21-9-12-32-27-21/h1-4,6-7,9,12,19,23H,5,8,10-11,13-15H2,(H,29,30)/t19-,23+/m0/s1. The minimum Gasteiger partial charge on any atom is -0.486 e. The largest absolute Gasteiger partial charge is 0.486 e. The van der Waals surface area contributed by atoms with Crippen molar-refractivity contribution >= 4 is 11.7 Å². The summed E-state index contributed by atoms with van der Waals surface area (Å²) in [6.45, 7) is 2.95. The minimum absolute atomic E-state index is 0.0989. The van der Waals surface area contributed by atoms with Gasteiger partial charge in [-0.3, -0.25) is 4.79 Å². The Morgan fingerprint density at radius 2 is 1.97 bits per heavy atom. The van der Waals surface area contributed by atoms with Gasteiger partial charge in [0.2, 0.25) is 0 Å². The van der Waals surface area contributed by atoms with E-state index in [4.69, 9.17) is 14.0 Å². The van der Waals surface area contributed by atoms with Gasteiger partial charge < -0.3 is 24.0 Å². The molecule has 1 aromatic heterocycles. The number of benzene rings is 2. The zero-order valence-electron chi connectivity index (χ0n) is 18.1. The van der Waals surface area contributed by atoms with Crippen molar-refractivity contribution in [2.75, 3.05) is 31.2 Å². The van der Waals surface area contributed by atoms with Gasteiger partial charge in [0, 0.05) is 36.3 Å². The van der Waals surface area contributed by atoms with E-state index in [1.807, 2.05) is 18.2 Å². The molecule has 172 valence electrons. The van der Waals surface area contributed by atoms with Crippen molar-refractivity contribution < 1.29 is 28.3 Å². The Kier molecular flexibility index (Phi) is 6.00. The molecule has 1 saturated heterocycles. The maximum Gasteiger partial charge on any atom is 0.304 e. The van der Waals surface area contributed by atoms with Crippen LogP contribution in [0.5, 0.6) is 5.75 Å². The summed E-state index contributed by atoms with van der Waals surface area (Å²) in [6.07, 6.45) is 2.43. The SMILES string of the molecule is O=C(O)C[C@@H](c1ccc(O[C@@H]2CCc3c(N4CCOCC4)ccc(F)c32)cc1)c1ccon1. The van der Waals surface area contributed by atoms with E-state index in [9.17, 15) is 14.3 Å². The molecule has 2 aliphatic rings. The van der Waals surface area contributed by atoms with Crippen LogP contribution in [0.4, 0.5) is 10.1 Å². The number of nitrogens with zero attached hydrogens (tertiary/aromatic N) is 2. The van der Waals surface area contributed by atoms with Crippen molar-refractivity contribution in [3.63, 3.8) is 0 Å². The zero-order valence-corrected chi connectivity index (χ0v) is 18.1. The quantitative estimate of drug-likeness (QED) is 0.571. The van der Waals surface area contributed by atoms with Crippen LogP contribution in [0.3, 0.4) is 0 Å². The highest BCUT2D eigenvalue weighted by atomic mass is 19.1. The maximum absolute atomic E-state index is 14.8. The molecular weight excluding hydrogens is 427 g/mol. The summed E-state index contributed by atoms with van der Waals surface area (Å²) in [5, 5.41) is 13.2. The predicted molar refractivity (Wildman–Crippen MR) is 118 cm³/mol. The molecule has 8 heteroatoms. The number of anilines is 1. The number of aromatic nitrogens is 1. The van der Waals surface area contributed by atoms with Crippen LogP contribution in [-0.4, -0.2) is 42.5 Å². The van der Waals surface area contributed by atoms with E-state index in [1.54, 1.807) is 18.2 Å². The van der Waals surface area contributed by atoms with Gasteiger partial charge in [0.05, 0.1) is 25.3 Å². The van der Waals surface area contributed by atoms with Crippen molar-refractivity contribution in [1.29, 1.82) is 0 Å². The third kappa shape index (κ3) is 4.43. The molecule has 0 radical (unpaired) electrons. The first-order valence-electron chi connectivity index (χ1n) is 11.1. The molecule has 1 aliphatic carbocycles. The summed E-state index contributed by atoms with van der Waals surface area (Å²) in [6, 6.07) is 12.3. The highest BCUT2D eigenvalue weighted by Crippen LogP contribution is 2.42. The smallest absolute Gasteiger partial charge is 0.304 e. The highest BCUT2D eigenvalue weighted by molar-refractivity contribution is 5.69. The number of morpholine rings is 1. The molecule has 2 heterocycles. The topological polar surface area (TPSA) is 85.0 Å². The lowest BCUT2D eigenvalue weighted by Gasteiger charge is -2.30. The first-order valence-corrected chi connectivity index (χ1v) is 11.1. The first kappa shape index (κ1) is 21.5. The third-order valence-corrected chi connectivity index (χ3v) is 6.36. The molecule has 1 fully saturated rings. The second kappa shape index (κ2) is 9.23. The molecular formula is C25H25FN2O5.